The fourth-order valence-electron chi connectivity index (χ4n) is 5.61. The van der Waals surface area contributed by atoms with Crippen molar-refractivity contribution in [1.82, 2.24) is 15.5 Å². The molecule has 1 atom stereocenters. The Labute approximate surface area is 189 Å². The van der Waals surface area contributed by atoms with Crippen molar-refractivity contribution in [2.75, 3.05) is 39.4 Å². The van der Waals surface area contributed by atoms with E-state index in [1.807, 2.05) is 0 Å². The van der Waals surface area contributed by atoms with E-state index in [4.69, 9.17) is 4.74 Å². The topological polar surface area (TPSA) is 70.7 Å². The first-order valence-electron chi connectivity index (χ1n) is 12.9. The van der Waals surface area contributed by atoms with Gasteiger partial charge in [0.25, 0.3) is 0 Å². The first kappa shape index (κ1) is 24.5. The molecule has 0 radical (unpaired) electrons. The Morgan fingerprint density at radius 1 is 1.00 bits per heavy atom. The lowest BCUT2D eigenvalue weighted by atomic mass is 9.73. The molecule has 6 heteroatoms. The second-order valence-electron chi connectivity index (χ2n) is 10.6. The predicted octanol–water partition coefficient (Wildman–Crippen LogP) is 3.50. The molecule has 0 unspecified atom stereocenters. The van der Waals surface area contributed by atoms with Gasteiger partial charge in [0.1, 0.15) is 6.04 Å². The summed E-state index contributed by atoms with van der Waals surface area (Å²) >= 11 is 0. The van der Waals surface area contributed by atoms with Gasteiger partial charge in [-0.1, -0.05) is 33.1 Å². The minimum Gasteiger partial charge on any atom is -0.381 e. The van der Waals surface area contributed by atoms with Crippen molar-refractivity contribution >= 4 is 11.8 Å². The van der Waals surface area contributed by atoms with E-state index < -0.39 is 6.04 Å². The van der Waals surface area contributed by atoms with E-state index in [0.29, 0.717) is 25.5 Å². The van der Waals surface area contributed by atoms with Gasteiger partial charge in [-0.2, -0.15) is 0 Å². The molecule has 0 aromatic heterocycles. The van der Waals surface area contributed by atoms with Gasteiger partial charge in [-0.3, -0.25) is 9.59 Å². The molecule has 1 saturated carbocycles. The quantitative estimate of drug-likeness (QED) is 0.709. The molecule has 3 aliphatic rings. The zero-order valence-electron chi connectivity index (χ0n) is 19.9. The second-order valence-corrected chi connectivity index (χ2v) is 10.6. The third kappa shape index (κ3) is 7.45. The molecule has 0 aromatic carbocycles. The zero-order valence-corrected chi connectivity index (χ0v) is 19.9. The molecular formula is C25H45N3O3. The highest BCUT2D eigenvalue weighted by atomic mass is 16.5. The van der Waals surface area contributed by atoms with Crippen LogP contribution in [0.2, 0.25) is 0 Å². The third-order valence-corrected chi connectivity index (χ3v) is 7.57. The SMILES string of the molecule is CC(C)C[C@@H]1NC(=O)C2(CCCCOCCCNC1=O)CCN(CC1CCCC1)CC2. The third-order valence-electron chi connectivity index (χ3n) is 7.57. The summed E-state index contributed by atoms with van der Waals surface area (Å²) in [5, 5.41) is 6.21. The molecule has 0 aromatic rings. The molecule has 178 valence electrons. The van der Waals surface area contributed by atoms with Crippen molar-refractivity contribution in [3.05, 3.63) is 0 Å². The highest BCUT2D eigenvalue weighted by Crippen LogP contribution is 2.38. The average molecular weight is 436 g/mol. The van der Waals surface area contributed by atoms with Crippen LogP contribution in [-0.4, -0.2) is 62.1 Å². The molecule has 1 spiro atoms. The number of rotatable bonds is 4. The minimum absolute atomic E-state index is 0.0482. The highest BCUT2D eigenvalue weighted by Gasteiger charge is 2.42. The van der Waals surface area contributed by atoms with Gasteiger partial charge in [-0.05, 0) is 76.3 Å². The maximum absolute atomic E-state index is 13.6. The van der Waals surface area contributed by atoms with E-state index >= 15 is 0 Å². The van der Waals surface area contributed by atoms with Crippen molar-refractivity contribution in [3.8, 4) is 0 Å². The van der Waals surface area contributed by atoms with E-state index in [1.54, 1.807) is 0 Å². The molecule has 2 N–H and O–H groups in total. The van der Waals surface area contributed by atoms with Gasteiger partial charge in [-0.25, -0.2) is 0 Å². The number of likely N-dealkylation sites (tertiary alicyclic amines) is 1. The zero-order chi connectivity index (χ0) is 22.1. The van der Waals surface area contributed by atoms with Crippen molar-refractivity contribution in [2.24, 2.45) is 17.3 Å². The van der Waals surface area contributed by atoms with E-state index in [1.165, 1.54) is 32.2 Å². The van der Waals surface area contributed by atoms with E-state index in [9.17, 15) is 9.59 Å². The van der Waals surface area contributed by atoms with Crippen molar-refractivity contribution in [3.63, 3.8) is 0 Å². The molecule has 31 heavy (non-hydrogen) atoms. The Morgan fingerprint density at radius 2 is 1.71 bits per heavy atom. The van der Waals surface area contributed by atoms with Crippen LogP contribution in [-0.2, 0) is 14.3 Å². The summed E-state index contributed by atoms with van der Waals surface area (Å²) < 4.78 is 5.74. The number of ether oxygens (including phenoxy) is 1. The Balaban J connectivity index is 1.66. The first-order chi connectivity index (χ1) is 15.0. The highest BCUT2D eigenvalue weighted by molar-refractivity contribution is 5.90. The summed E-state index contributed by atoms with van der Waals surface area (Å²) in [5.74, 6) is 1.25. The lowest BCUT2D eigenvalue weighted by molar-refractivity contribution is -0.138. The fraction of sp³-hybridized carbons (Fsp3) is 0.920. The molecule has 0 bridgehead atoms. The van der Waals surface area contributed by atoms with Gasteiger partial charge in [-0.15, -0.1) is 0 Å². The molecule has 2 amide bonds. The number of carbonyl (C=O) groups is 2. The lowest BCUT2D eigenvalue weighted by Gasteiger charge is -2.42. The predicted molar refractivity (Wildman–Crippen MR) is 124 cm³/mol. The van der Waals surface area contributed by atoms with Gasteiger partial charge in [0, 0.05) is 26.3 Å². The summed E-state index contributed by atoms with van der Waals surface area (Å²) in [7, 11) is 0. The monoisotopic (exact) mass is 435 g/mol. The average Bonchev–Trinajstić information content (AvgIpc) is 3.25. The maximum Gasteiger partial charge on any atom is 0.242 e. The molecular weight excluding hydrogens is 390 g/mol. The maximum atomic E-state index is 13.6. The van der Waals surface area contributed by atoms with Crippen LogP contribution in [0.4, 0.5) is 0 Å². The van der Waals surface area contributed by atoms with E-state index in [0.717, 1.165) is 64.1 Å². The van der Waals surface area contributed by atoms with Crippen LogP contribution in [0.1, 0.15) is 84.5 Å². The Morgan fingerprint density at radius 3 is 2.42 bits per heavy atom. The smallest absolute Gasteiger partial charge is 0.242 e. The Bertz CT molecular complexity index is 566. The van der Waals surface area contributed by atoms with Crippen LogP contribution in [0, 0.1) is 17.3 Å². The van der Waals surface area contributed by atoms with Crippen LogP contribution < -0.4 is 10.6 Å². The van der Waals surface area contributed by atoms with Gasteiger partial charge in [0.2, 0.25) is 11.8 Å². The summed E-state index contributed by atoms with van der Waals surface area (Å²) in [6.45, 7) is 9.45. The Hall–Kier alpha value is -1.14. The molecule has 2 aliphatic heterocycles. The number of nitrogens with zero attached hydrogens (tertiary/aromatic N) is 1. The normalized spacial score (nSPS) is 27.8. The first-order valence-corrected chi connectivity index (χ1v) is 12.9. The molecule has 6 nitrogen and oxygen atoms in total. The van der Waals surface area contributed by atoms with Crippen LogP contribution >= 0.6 is 0 Å². The van der Waals surface area contributed by atoms with Crippen LogP contribution in [0.25, 0.3) is 0 Å². The largest absolute Gasteiger partial charge is 0.381 e. The summed E-state index contributed by atoms with van der Waals surface area (Å²) in [6, 6.07) is -0.440. The number of nitrogens with one attached hydrogen (secondary N) is 2. The fourth-order valence-corrected chi connectivity index (χ4v) is 5.61. The summed E-state index contributed by atoms with van der Waals surface area (Å²) in [5.41, 5.74) is -0.341. The van der Waals surface area contributed by atoms with Crippen molar-refractivity contribution < 1.29 is 14.3 Å². The van der Waals surface area contributed by atoms with Gasteiger partial charge < -0.3 is 20.3 Å². The van der Waals surface area contributed by atoms with E-state index in [2.05, 4.69) is 29.4 Å². The molecule has 3 fully saturated rings. The lowest BCUT2D eigenvalue weighted by Crippen LogP contribution is -2.55. The van der Waals surface area contributed by atoms with Crippen molar-refractivity contribution in [1.29, 1.82) is 0 Å². The van der Waals surface area contributed by atoms with E-state index in [-0.39, 0.29) is 17.2 Å². The number of hydrogen-bond acceptors (Lipinski definition) is 4. The van der Waals surface area contributed by atoms with Gasteiger partial charge in [0.05, 0.1) is 5.41 Å². The van der Waals surface area contributed by atoms with Gasteiger partial charge in [0.15, 0.2) is 0 Å². The molecule has 2 heterocycles. The minimum atomic E-state index is -0.440. The second kappa shape index (κ2) is 12.2. The standard InChI is InChI=1S/C25H45N3O3/c1-20(2)18-22-23(29)26-13-7-17-31-16-6-5-10-25(24(30)27-22)11-14-28(15-12-25)19-21-8-3-4-9-21/h20-22H,3-19H2,1-2H3,(H,26,29)(H,27,30)/t22-/m0/s1. The molecule has 1 aliphatic carbocycles. The van der Waals surface area contributed by atoms with Crippen LogP contribution in [0.5, 0.6) is 0 Å². The molecule has 3 rings (SSSR count). The number of amides is 2. The van der Waals surface area contributed by atoms with Crippen molar-refractivity contribution in [2.45, 2.75) is 90.5 Å². The van der Waals surface area contributed by atoms with Gasteiger partial charge >= 0.3 is 0 Å². The van der Waals surface area contributed by atoms with Crippen LogP contribution in [0.15, 0.2) is 0 Å². The summed E-state index contributed by atoms with van der Waals surface area (Å²) in [4.78, 5) is 29.0. The number of carbonyl (C=O) groups excluding carboxylic acids is 2. The molecule has 2 saturated heterocycles. The Kier molecular flexibility index (Phi) is 9.64. The number of piperidine rings is 1. The number of hydrogen-bond donors (Lipinski definition) is 2. The van der Waals surface area contributed by atoms with Crippen LogP contribution in [0.3, 0.4) is 0 Å². The summed E-state index contributed by atoms with van der Waals surface area (Å²) in [6.07, 6.45) is 11.7.